The van der Waals surface area contributed by atoms with Gasteiger partial charge in [0.1, 0.15) is 0 Å². The Balaban J connectivity index is 1.66. The number of ether oxygens (including phenoxy) is 1. The summed E-state index contributed by atoms with van der Waals surface area (Å²) >= 11 is 0. The minimum Gasteiger partial charge on any atom is -0.449 e. The van der Waals surface area contributed by atoms with E-state index in [1.165, 1.54) is 19.1 Å². The number of fused-ring (bicyclic) bond motifs is 1. The largest absolute Gasteiger partial charge is 0.449 e. The maximum atomic E-state index is 12.6. The van der Waals surface area contributed by atoms with Crippen molar-refractivity contribution >= 4 is 28.6 Å². The van der Waals surface area contributed by atoms with Gasteiger partial charge in [0, 0.05) is 5.69 Å². The number of esters is 1. The third kappa shape index (κ3) is 4.73. The fraction of sp³-hybridized carbons (Fsp3) is 0.238. The highest BCUT2D eigenvalue weighted by Gasteiger charge is 2.30. The molecule has 0 bridgehead atoms. The van der Waals surface area contributed by atoms with E-state index in [4.69, 9.17) is 4.74 Å². The molecule has 0 saturated heterocycles. The van der Waals surface area contributed by atoms with Crippen LogP contribution in [0, 0.1) is 13.8 Å². The molecule has 6 nitrogen and oxygen atoms in total. The Kier molecular flexibility index (Phi) is 5.73. The molecule has 1 unspecified atom stereocenters. The summed E-state index contributed by atoms with van der Waals surface area (Å²) in [4.78, 5) is 33.4. The minimum absolute atomic E-state index is 0.155. The van der Waals surface area contributed by atoms with Crippen LogP contribution in [0.3, 0.4) is 0 Å². The van der Waals surface area contributed by atoms with Crippen LogP contribution in [0.5, 0.6) is 0 Å². The first kappa shape index (κ1) is 21.2. The van der Waals surface area contributed by atoms with Crippen LogP contribution in [-0.4, -0.2) is 27.9 Å². The fourth-order valence-electron chi connectivity index (χ4n) is 2.63. The standard InChI is InChI=1S/C21H18F3N3O3/c1-11-12(2)26-18-10-14(4-9-17(18)25-11)20(29)30-13(3)19(28)27-16-7-5-15(6-8-16)21(22,23)24/h4-10,13H,1-3H3,(H,27,28). The number of carbonyl (C=O) groups excluding carboxylic acids is 2. The van der Waals surface area contributed by atoms with E-state index < -0.39 is 29.7 Å². The number of alkyl halides is 3. The summed E-state index contributed by atoms with van der Waals surface area (Å²) in [6.07, 6.45) is -5.63. The molecule has 0 saturated carbocycles. The molecule has 0 radical (unpaired) electrons. The molecule has 1 atom stereocenters. The zero-order valence-corrected chi connectivity index (χ0v) is 16.4. The average molecular weight is 417 g/mol. The van der Waals surface area contributed by atoms with Crippen LogP contribution in [-0.2, 0) is 15.7 Å². The lowest BCUT2D eigenvalue weighted by Crippen LogP contribution is -2.30. The summed E-state index contributed by atoms with van der Waals surface area (Å²) in [5.41, 5.74) is 2.20. The Hall–Kier alpha value is -3.49. The molecular formula is C21H18F3N3O3. The zero-order valence-electron chi connectivity index (χ0n) is 16.4. The van der Waals surface area contributed by atoms with Crippen molar-refractivity contribution in [2.24, 2.45) is 0 Å². The number of halogens is 3. The first-order valence-corrected chi connectivity index (χ1v) is 8.98. The lowest BCUT2D eigenvalue weighted by atomic mass is 10.2. The van der Waals surface area contributed by atoms with Crippen molar-refractivity contribution in [1.29, 1.82) is 0 Å². The molecule has 1 amide bonds. The number of benzene rings is 2. The zero-order chi connectivity index (χ0) is 22.1. The Morgan fingerprint density at radius 3 is 2.17 bits per heavy atom. The lowest BCUT2D eigenvalue weighted by molar-refractivity contribution is -0.137. The number of aryl methyl sites for hydroxylation is 2. The highest BCUT2D eigenvalue weighted by atomic mass is 19.4. The summed E-state index contributed by atoms with van der Waals surface area (Å²) in [6, 6.07) is 8.64. The Bertz CT molecular complexity index is 1110. The third-order valence-electron chi connectivity index (χ3n) is 4.44. The van der Waals surface area contributed by atoms with Gasteiger partial charge in [0.2, 0.25) is 0 Å². The topological polar surface area (TPSA) is 81.2 Å². The molecule has 30 heavy (non-hydrogen) atoms. The highest BCUT2D eigenvalue weighted by molar-refractivity contribution is 5.98. The predicted molar refractivity (Wildman–Crippen MR) is 104 cm³/mol. The summed E-state index contributed by atoms with van der Waals surface area (Å²) in [6.45, 7) is 5.01. The van der Waals surface area contributed by atoms with E-state index >= 15 is 0 Å². The monoisotopic (exact) mass is 417 g/mol. The molecule has 156 valence electrons. The van der Waals surface area contributed by atoms with Crippen molar-refractivity contribution < 1.29 is 27.5 Å². The second-order valence-corrected chi connectivity index (χ2v) is 6.71. The van der Waals surface area contributed by atoms with Gasteiger partial charge >= 0.3 is 12.1 Å². The maximum absolute atomic E-state index is 12.6. The first-order valence-electron chi connectivity index (χ1n) is 8.98. The molecule has 3 aromatic rings. The number of aromatic nitrogens is 2. The Morgan fingerprint density at radius 2 is 1.57 bits per heavy atom. The van der Waals surface area contributed by atoms with Crippen LogP contribution in [0.4, 0.5) is 18.9 Å². The van der Waals surface area contributed by atoms with Crippen LogP contribution in [0.15, 0.2) is 42.5 Å². The number of carbonyl (C=O) groups is 2. The average Bonchev–Trinajstić information content (AvgIpc) is 2.68. The summed E-state index contributed by atoms with van der Waals surface area (Å²) in [7, 11) is 0. The van der Waals surface area contributed by atoms with Crippen LogP contribution in [0.2, 0.25) is 0 Å². The smallest absolute Gasteiger partial charge is 0.416 e. The van der Waals surface area contributed by atoms with E-state index in [1.807, 2.05) is 6.92 Å². The Morgan fingerprint density at radius 1 is 0.967 bits per heavy atom. The fourth-order valence-corrected chi connectivity index (χ4v) is 2.63. The summed E-state index contributed by atoms with van der Waals surface area (Å²) < 4.78 is 43.0. The molecule has 0 aliphatic rings. The molecule has 9 heteroatoms. The maximum Gasteiger partial charge on any atom is 0.416 e. The number of nitrogens with one attached hydrogen (secondary N) is 1. The van der Waals surface area contributed by atoms with Crippen LogP contribution < -0.4 is 5.32 Å². The number of hydrogen-bond acceptors (Lipinski definition) is 5. The van der Waals surface area contributed by atoms with Crippen molar-refractivity contribution in [1.82, 2.24) is 9.97 Å². The second kappa shape index (κ2) is 8.10. The molecule has 0 spiro atoms. The van der Waals surface area contributed by atoms with E-state index in [-0.39, 0.29) is 11.3 Å². The number of anilines is 1. The van der Waals surface area contributed by atoms with Crippen LogP contribution >= 0.6 is 0 Å². The van der Waals surface area contributed by atoms with E-state index in [0.29, 0.717) is 11.0 Å². The van der Waals surface area contributed by atoms with Gasteiger partial charge in [-0.2, -0.15) is 13.2 Å². The van der Waals surface area contributed by atoms with Crippen molar-refractivity contribution in [3.05, 3.63) is 65.0 Å². The highest BCUT2D eigenvalue weighted by Crippen LogP contribution is 2.29. The summed E-state index contributed by atoms with van der Waals surface area (Å²) in [5.74, 6) is -1.40. The van der Waals surface area contributed by atoms with Crippen LogP contribution in [0.25, 0.3) is 11.0 Å². The molecule has 1 N–H and O–H groups in total. The molecule has 2 aromatic carbocycles. The van der Waals surface area contributed by atoms with Crippen molar-refractivity contribution in [3.8, 4) is 0 Å². The van der Waals surface area contributed by atoms with E-state index in [1.54, 1.807) is 13.0 Å². The van der Waals surface area contributed by atoms with Crippen molar-refractivity contribution in [2.45, 2.75) is 33.1 Å². The SMILES string of the molecule is Cc1nc2ccc(C(=O)OC(C)C(=O)Nc3ccc(C(F)(F)F)cc3)cc2nc1C. The third-order valence-corrected chi connectivity index (χ3v) is 4.44. The van der Waals surface area contributed by atoms with E-state index in [0.717, 1.165) is 35.7 Å². The number of amides is 1. The van der Waals surface area contributed by atoms with Gasteiger partial charge in [-0.25, -0.2) is 14.8 Å². The Labute approximate surface area is 170 Å². The van der Waals surface area contributed by atoms with Gasteiger partial charge in [-0.15, -0.1) is 0 Å². The summed E-state index contributed by atoms with van der Waals surface area (Å²) in [5, 5.41) is 2.41. The lowest BCUT2D eigenvalue weighted by Gasteiger charge is -2.14. The van der Waals surface area contributed by atoms with Gasteiger partial charge in [0.05, 0.1) is 33.5 Å². The molecular weight excluding hydrogens is 399 g/mol. The van der Waals surface area contributed by atoms with Gasteiger partial charge in [0.15, 0.2) is 6.10 Å². The van der Waals surface area contributed by atoms with Gasteiger partial charge in [-0.05, 0) is 63.2 Å². The van der Waals surface area contributed by atoms with Gasteiger partial charge < -0.3 is 10.1 Å². The van der Waals surface area contributed by atoms with E-state index in [2.05, 4.69) is 15.3 Å². The second-order valence-electron chi connectivity index (χ2n) is 6.71. The predicted octanol–water partition coefficient (Wildman–Crippen LogP) is 4.45. The molecule has 0 aliphatic carbocycles. The molecule has 0 aliphatic heterocycles. The van der Waals surface area contributed by atoms with Gasteiger partial charge in [-0.1, -0.05) is 0 Å². The van der Waals surface area contributed by atoms with Crippen molar-refractivity contribution in [2.75, 3.05) is 5.32 Å². The first-order chi connectivity index (χ1) is 14.0. The quantitative estimate of drug-likeness (QED) is 0.635. The molecule has 1 heterocycles. The minimum atomic E-state index is -4.47. The van der Waals surface area contributed by atoms with Crippen molar-refractivity contribution in [3.63, 3.8) is 0 Å². The number of rotatable bonds is 4. The molecule has 1 aromatic heterocycles. The van der Waals surface area contributed by atoms with Gasteiger partial charge in [0.25, 0.3) is 5.91 Å². The van der Waals surface area contributed by atoms with Gasteiger partial charge in [-0.3, -0.25) is 4.79 Å². The van der Waals surface area contributed by atoms with Crippen LogP contribution in [0.1, 0.15) is 34.2 Å². The molecule has 0 fully saturated rings. The number of hydrogen-bond donors (Lipinski definition) is 1. The molecule has 3 rings (SSSR count). The van der Waals surface area contributed by atoms with E-state index in [9.17, 15) is 22.8 Å². The normalized spacial score (nSPS) is 12.5. The number of nitrogens with zero attached hydrogens (tertiary/aromatic N) is 2.